The highest BCUT2D eigenvalue weighted by Gasteiger charge is 2.36. The topological polar surface area (TPSA) is 132 Å². The van der Waals surface area contributed by atoms with Crippen LogP contribution in [0.1, 0.15) is 181 Å². The van der Waals surface area contributed by atoms with Crippen molar-refractivity contribution in [2.45, 2.75) is 199 Å². The van der Waals surface area contributed by atoms with Gasteiger partial charge in [-0.1, -0.05) is 145 Å². The number of hydrogen-bond acceptors (Lipinski definition) is 7. The third-order valence-corrected chi connectivity index (χ3v) is 9.92. The molecule has 1 aliphatic heterocycles. The minimum atomic E-state index is -4.78. The predicted molar refractivity (Wildman–Crippen MR) is 225 cm³/mol. The molecule has 0 saturated carbocycles. The number of ether oxygens (including phenoxy) is 3. The number of unbranched alkanes of at least 4 members (excludes halogenated alkanes) is 15. The maximum Gasteiger partial charge on any atom is 0.469 e. The number of allylic oxidation sites excluding steroid dienone is 9. The summed E-state index contributed by atoms with van der Waals surface area (Å²) in [6.45, 7) is 3.57. The van der Waals surface area contributed by atoms with Crippen LogP contribution in [0.3, 0.4) is 0 Å². The average molecular weight is 793 g/mol. The lowest BCUT2D eigenvalue weighted by Crippen LogP contribution is -2.29. The molecule has 1 fully saturated rings. The molecule has 0 aromatic rings. The fourth-order valence-electron chi connectivity index (χ4n) is 6.08. The molecule has 9 nitrogen and oxygen atoms in total. The van der Waals surface area contributed by atoms with Crippen LogP contribution in [0.4, 0.5) is 0 Å². The zero-order chi connectivity index (χ0) is 40.1. The number of hydrogen-bond donors (Lipinski definition) is 2. The Morgan fingerprint density at radius 3 is 1.60 bits per heavy atom. The van der Waals surface area contributed by atoms with Gasteiger partial charge in [-0.3, -0.25) is 14.1 Å². The Kier molecular flexibility index (Phi) is 33.3. The molecule has 1 rings (SSSR count). The molecule has 55 heavy (non-hydrogen) atoms. The van der Waals surface area contributed by atoms with Crippen LogP contribution in [0, 0.1) is 0 Å². The normalized spacial score (nSPS) is 16.7. The van der Waals surface area contributed by atoms with Gasteiger partial charge in [0.15, 0.2) is 6.10 Å². The molecule has 0 aromatic carbocycles. The molecule has 0 amide bonds. The molecule has 0 radical (unpaired) electrons. The molecule has 1 heterocycles. The van der Waals surface area contributed by atoms with Crippen molar-refractivity contribution in [1.82, 2.24) is 0 Å². The van der Waals surface area contributed by atoms with Crippen LogP contribution < -0.4 is 0 Å². The molecule has 0 spiro atoms. The van der Waals surface area contributed by atoms with E-state index in [1.807, 2.05) is 0 Å². The average Bonchev–Trinajstić information content (AvgIpc) is 3.91. The Morgan fingerprint density at radius 2 is 1.05 bits per heavy atom. The first kappa shape index (κ1) is 50.7. The van der Waals surface area contributed by atoms with Crippen LogP contribution in [0.15, 0.2) is 60.8 Å². The minimum Gasteiger partial charge on any atom is -0.462 e. The van der Waals surface area contributed by atoms with E-state index in [4.69, 9.17) is 24.0 Å². The van der Waals surface area contributed by atoms with Gasteiger partial charge in [0.2, 0.25) is 0 Å². The van der Waals surface area contributed by atoms with Crippen molar-refractivity contribution < 1.29 is 42.7 Å². The van der Waals surface area contributed by atoms with Crippen molar-refractivity contribution in [1.29, 1.82) is 0 Å². The van der Waals surface area contributed by atoms with Crippen LogP contribution in [0.5, 0.6) is 0 Å². The fourth-order valence-corrected chi connectivity index (χ4v) is 6.44. The van der Waals surface area contributed by atoms with Gasteiger partial charge in [0.05, 0.1) is 18.8 Å². The van der Waals surface area contributed by atoms with E-state index in [1.165, 1.54) is 77.0 Å². The largest absolute Gasteiger partial charge is 0.469 e. The molecule has 1 saturated heterocycles. The number of carbonyl (C=O) groups is 2. The van der Waals surface area contributed by atoms with E-state index in [0.717, 1.165) is 57.8 Å². The van der Waals surface area contributed by atoms with Gasteiger partial charge in [-0.2, -0.15) is 0 Å². The molecule has 2 N–H and O–H groups in total. The van der Waals surface area contributed by atoms with Crippen LogP contribution in [0.25, 0.3) is 0 Å². The third-order valence-electron chi connectivity index (χ3n) is 9.43. The quantitative estimate of drug-likeness (QED) is 0.0206. The second-order valence-electron chi connectivity index (χ2n) is 14.7. The summed E-state index contributed by atoms with van der Waals surface area (Å²) >= 11 is 0. The van der Waals surface area contributed by atoms with Gasteiger partial charge in [-0.05, 0) is 83.5 Å². The minimum absolute atomic E-state index is 0.112. The molecule has 3 atom stereocenters. The lowest BCUT2D eigenvalue weighted by molar-refractivity contribution is -0.161. The van der Waals surface area contributed by atoms with E-state index >= 15 is 0 Å². The Bertz CT molecular complexity index is 1140. The predicted octanol–water partition coefficient (Wildman–Crippen LogP) is 12.3. The number of rotatable bonds is 38. The van der Waals surface area contributed by atoms with Crippen LogP contribution in [-0.4, -0.2) is 53.3 Å². The molecule has 10 heteroatoms. The van der Waals surface area contributed by atoms with Gasteiger partial charge >= 0.3 is 19.8 Å². The molecular weight excluding hydrogens is 715 g/mol. The number of epoxide rings is 1. The second kappa shape index (κ2) is 36.1. The Hall–Kier alpha value is -2.29. The number of carbonyl (C=O) groups excluding carboxylic acids is 2. The lowest BCUT2D eigenvalue weighted by Gasteiger charge is -2.18. The SMILES string of the molecule is CCCCC/C=C\C/C=C\C/C=C\CC1OC1CCCC(=O)O[C@H](COC(=O)CCCCCCCCCCC/C=C\C/C=C\CCCCC)COP(=O)(O)O. The summed E-state index contributed by atoms with van der Waals surface area (Å²) in [5, 5.41) is 0. The smallest absolute Gasteiger partial charge is 0.462 e. The molecule has 1 aliphatic rings. The van der Waals surface area contributed by atoms with Crippen molar-refractivity contribution in [2.24, 2.45) is 0 Å². The highest BCUT2D eigenvalue weighted by molar-refractivity contribution is 7.46. The third kappa shape index (κ3) is 35.8. The number of phosphoric ester groups is 1. The van der Waals surface area contributed by atoms with Crippen molar-refractivity contribution in [3.63, 3.8) is 0 Å². The summed E-state index contributed by atoms with van der Waals surface area (Å²) in [4.78, 5) is 43.0. The van der Waals surface area contributed by atoms with E-state index in [9.17, 15) is 14.2 Å². The molecular formula is C45H77O9P. The standard InChI is InChI=1S/C45H77O9P/c1-3-5-7-9-11-13-15-17-18-19-20-21-22-23-25-27-29-31-33-37-44(46)51-39-41(40-52-55(48,49)50)53-45(47)38-34-36-43-42(54-43)35-32-30-28-26-24-16-14-12-10-8-6-4-2/h11-14,17-18,24,26,30,32,41-43H,3-10,15-16,19-23,25,27-29,31,33-40H2,1-2H3,(H2,48,49,50)/b13-11-,14-12-,18-17-,26-24-,32-30-/t41-,42?,43?/m1/s1. The Labute approximate surface area is 334 Å². The monoisotopic (exact) mass is 793 g/mol. The lowest BCUT2D eigenvalue weighted by atomic mass is 10.1. The fraction of sp³-hybridized carbons (Fsp3) is 0.733. The zero-order valence-corrected chi connectivity index (χ0v) is 35.4. The summed E-state index contributed by atoms with van der Waals surface area (Å²) in [5.41, 5.74) is 0. The first-order valence-corrected chi connectivity index (χ1v) is 23.2. The highest BCUT2D eigenvalue weighted by Crippen LogP contribution is 2.36. The molecule has 0 bridgehead atoms. The van der Waals surface area contributed by atoms with E-state index < -0.39 is 32.5 Å². The van der Waals surface area contributed by atoms with Gasteiger partial charge in [-0.15, -0.1) is 0 Å². The Balaban J connectivity index is 2.11. The number of esters is 2. The maximum atomic E-state index is 12.5. The van der Waals surface area contributed by atoms with Crippen LogP contribution in [-0.2, 0) is 32.9 Å². The van der Waals surface area contributed by atoms with Crippen molar-refractivity contribution in [3.05, 3.63) is 60.8 Å². The maximum absolute atomic E-state index is 12.5. The number of phosphoric acid groups is 1. The summed E-state index contributed by atoms with van der Waals surface area (Å²) in [7, 11) is -4.78. The molecule has 2 unspecified atom stereocenters. The first-order valence-electron chi connectivity index (χ1n) is 21.7. The van der Waals surface area contributed by atoms with E-state index in [-0.39, 0.29) is 31.7 Å². The van der Waals surface area contributed by atoms with Crippen molar-refractivity contribution >= 4 is 19.8 Å². The first-order chi connectivity index (χ1) is 26.7. The summed E-state index contributed by atoms with van der Waals surface area (Å²) < 4.78 is 32.2. The van der Waals surface area contributed by atoms with Crippen LogP contribution in [0.2, 0.25) is 0 Å². The molecule has 316 valence electrons. The van der Waals surface area contributed by atoms with Crippen LogP contribution >= 0.6 is 7.82 Å². The van der Waals surface area contributed by atoms with Crippen molar-refractivity contribution in [3.8, 4) is 0 Å². The summed E-state index contributed by atoms with van der Waals surface area (Å²) in [6.07, 6.45) is 48.1. The van der Waals surface area contributed by atoms with Gasteiger partial charge in [0.25, 0.3) is 0 Å². The van der Waals surface area contributed by atoms with Gasteiger partial charge in [-0.25, -0.2) is 4.57 Å². The molecule has 0 aromatic heterocycles. The van der Waals surface area contributed by atoms with E-state index in [2.05, 4.69) is 79.1 Å². The summed E-state index contributed by atoms with van der Waals surface area (Å²) in [5.74, 6) is -0.968. The summed E-state index contributed by atoms with van der Waals surface area (Å²) in [6, 6.07) is 0. The second-order valence-corrected chi connectivity index (χ2v) is 15.9. The Morgan fingerprint density at radius 1 is 0.582 bits per heavy atom. The van der Waals surface area contributed by atoms with Gasteiger partial charge in [0.1, 0.15) is 6.61 Å². The zero-order valence-electron chi connectivity index (χ0n) is 34.5. The highest BCUT2D eigenvalue weighted by atomic mass is 31.2. The van der Waals surface area contributed by atoms with E-state index in [1.54, 1.807) is 0 Å². The molecule has 0 aliphatic carbocycles. The van der Waals surface area contributed by atoms with Crippen molar-refractivity contribution in [2.75, 3.05) is 13.2 Å². The van der Waals surface area contributed by atoms with E-state index in [0.29, 0.717) is 19.3 Å². The van der Waals surface area contributed by atoms with Gasteiger partial charge < -0.3 is 24.0 Å². The van der Waals surface area contributed by atoms with Gasteiger partial charge in [0, 0.05) is 12.8 Å².